The summed E-state index contributed by atoms with van der Waals surface area (Å²) in [4.78, 5) is 18.5. The standard InChI is InChI=1S/C21H22FN3OS/c1-15-6-4-9-19(16(15)2)25-11-10-23-21(25)27-14-20(26)24(3)13-17-7-5-8-18(22)12-17/h4-12H,13-14H2,1-3H3. The van der Waals surface area contributed by atoms with Crippen molar-refractivity contribution in [3.05, 3.63) is 77.4 Å². The predicted octanol–water partition coefficient (Wildman–Crippen LogP) is 4.38. The molecule has 0 fully saturated rings. The van der Waals surface area contributed by atoms with Gasteiger partial charge in [0, 0.05) is 26.0 Å². The number of benzene rings is 2. The maximum Gasteiger partial charge on any atom is 0.233 e. The summed E-state index contributed by atoms with van der Waals surface area (Å²) in [5.74, 6) is -0.0497. The number of amides is 1. The summed E-state index contributed by atoms with van der Waals surface area (Å²) < 4.78 is 15.3. The van der Waals surface area contributed by atoms with Crippen molar-refractivity contribution in [1.82, 2.24) is 14.5 Å². The van der Waals surface area contributed by atoms with Crippen LogP contribution in [0.1, 0.15) is 16.7 Å². The van der Waals surface area contributed by atoms with Gasteiger partial charge in [0.15, 0.2) is 5.16 Å². The molecule has 1 aromatic heterocycles. The maximum atomic E-state index is 13.3. The molecular formula is C21H22FN3OS. The largest absolute Gasteiger partial charge is 0.341 e. The summed E-state index contributed by atoms with van der Waals surface area (Å²) in [6.07, 6.45) is 3.65. The molecule has 4 nitrogen and oxygen atoms in total. The van der Waals surface area contributed by atoms with Crippen LogP contribution in [0.2, 0.25) is 0 Å². The fraction of sp³-hybridized carbons (Fsp3) is 0.238. The van der Waals surface area contributed by atoms with Gasteiger partial charge in [0.1, 0.15) is 5.82 Å². The first kappa shape index (κ1) is 19.2. The van der Waals surface area contributed by atoms with Crippen molar-refractivity contribution in [2.75, 3.05) is 12.8 Å². The van der Waals surface area contributed by atoms with Gasteiger partial charge in [-0.1, -0.05) is 36.0 Å². The summed E-state index contributed by atoms with van der Waals surface area (Å²) in [6.45, 7) is 4.53. The monoisotopic (exact) mass is 383 g/mol. The van der Waals surface area contributed by atoms with Crippen molar-refractivity contribution in [3.8, 4) is 5.69 Å². The van der Waals surface area contributed by atoms with E-state index in [4.69, 9.17) is 0 Å². The predicted molar refractivity (Wildman–Crippen MR) is 107 cm³/mol. The zero-order valence-corrected chi connectivity index (χ0v) is 16.5. The highest BCUT2D eigenvalue weighted by molar-refractivity contribution is 7.99. The number of halogens is 1. The molecule has 0 saturated carbocycles. The zero-order chi connectivity index (χ0) is 19.4. The van der Waals surface area contributed by atoms with Crippen molar-refractivity contribution >= 4 is 17.7 Å². The lowest BCUT2D eigenvalue weighted by Crippen LogP contribution is -2.27. The molecule has 0 radical (unpaired) electrons. The first-order valence-electron chi connectivity index (χ1n) is 8.67. The molecule has 0 atom stereocenters. The number of carbonyl (C=O) groups is 1. The molecule has 0 N–H and O–H groups in total. The highest BCUT2D eigenvalue weighted by atomic mass is 32.2. The van der Waals surface area contributed by atoms with Crippen LogP contribution < -0.4 is 0 Å². The number of thioether (sulfide) groups is 1. The second kappa shape index (κ2) is 8.39. The average molecular weight is 383 g/mol. The van der Waals surface area contributed by atoms with E-state index in [0.29, 0.717) is 6.54 Å². The van der Waals surface area contributed by atoms with Crippen LogP contribution in [-0.2, 0) is 11.3 Å². The molecule has 0 bridgehead atoms. The number of hydrogen-bond acceptors (Lipinski definition) is 3. The van der Waals surface area contributed by atoms with E-state index in [1.54, 1.807) is 24.2 Å². The van der Waals surface area contributed by atoms with Gasteiger partial charge in [-0.25, -0.2) is 9.37 Å². The molecule has 0 unspecified atom stereocenters. The number of carbonyl (C=O) groups excluding carboxylic acids is 1. The van der Waals surface area contributed by atoms with Gasteiger partial charge in [0.05, 0.1) is 11.4 Å². The van der Waals surface area contributed by atoms with E-state index < -0.39 is 0 Å². The molecule has 1 heterocycles. The number of aromatic nitrogens is 2. The Kier molecular flexibility index (Phi) is 5.96. The van der Waals surface area contributed by atoms with Gasteiger partial charge in [-0.2, -0.15) is 0 Å². The van der Waals surface area contributed by atoms with Gasteiger partial charge < -0.3 is 4.90 Å². The van der Waals surface area contributed by atoms with Crippen molar-refractivity contribution in [2.24, 2.45) is 0 Å². The van der Waals surface area contributed by atoms with Crippen molar-refractivity contribution in [2.45, 2.75) is 25.5 Å². The summed E-state index contributed by atoms with van der Waals surface area (Å²) >= 11 is 1.40. The Morgan fingerprint density at radius 1 is 1.22 bits per heavy atom. The van der Waals surface area contributed by atoms with E-state index in [0.717, 1.165) is 16.4 Å². The number of nitrogens with zero attached hydrogens (tertiary/aromatic N) is 3. The second-order valence-electron chi connectivity index (χ2n) is 6.47. The third kappa shape index (κ3) is 4.57. The fourth-order valence-electron chi connectivity index (χ4n) is 2.81. The topological polar surface area (TPSA) is 38.1 Å². The number of hydrogen-bond donors (Lipinski definition) is 0. The molecule has 27 heavy (non-hydrogen) atoms. The normalized spacial score (nSPS) is 10.8. The van der Waals surface area contributed by atoms with Crippen molar-refractivity contribution in [1.29, 1.82) is 0 Å². The minimum atomic E-state index is -0.293. The van der Waals surface area contributed by atoms with E-state index in [1.807, 2.05) is 29.0 Å². The third-order valence-corrected chi connectivity index (χ3v) is 5.45. The lowest BCUT2D eigenvalue weighted by atomic mass is 10.1. The molecule has 1 amide bonds. The van der Waals surface area contributed by atoms with E-state index >= 15 is 0 Å². The molecule has 0 aliphatic rings. The summed E-state index contributed by atoms with van der Waals surface area (Å²) in [6, 6.07) is 12.5. The SMILES string of the molecule is Cc1cccc(-n2ccnc2SCC(=O)N(C)Cc2cccc(F)c2)c1C. The zero-order valence-electron chi connectivity index (χ0n) is 15.6. The van der Waals surface area contributed by atoms with Crippen molar-refractivity contribution < 1.29 is 9.18 Å². The van der Waals surface area contributed by atoms with Crippen LogP contribution in [0, 0.1) is 19.7 Å². The Morgan fingerprint density at radius 2 is 2.00 bits per heavy atom. The van der Waals surface area contributed by atoms with Gasteiger partial charge in [-0.3, -0.25) is 9.36 Å². The molecule has 0 aliphatic carbocycles. The van der Waals surface area contributed by atoms with Crippen LogP contribution in [0.5, 0.6) is 0 Å². The first-order valence-corrected chi connectivity index (χ1v) is 9.65. The summed E-state index contributed by atoms with van der Waals surface area (Å²) in [5.41, 5.74) is 4.23. The Morgan fingerprint density at radius 3 is 2.78 bits per heavy atom. The van der Waals surface area contributed by atoms with Gasteiger partial charge >= 0.3 is 0 Å². The quantitative estimate of drug-likeness (QED) is 0.593. The maximum absolute atomic E-state index is 13.3. The van der Waals surface area contributed by atoms with Gasteiger partial charge in [-0.15, -0.1) is 0 Å². The van der Waals surface area contributed by atoms with Crippen LogP contribution in [-0.4, -0.2) is 33.2 Å². The van der Waals surface area contributed by atoms with Crippen LogP contribution in [0.25, 0.3) is 5.69 Å². The lowest BCUT2D eigenvalue weighted by molar-refractivity contribution is -0.127. The Hall–Kier alpha value is -2.60. The molecule has 140 valence electrons. The molecule has 2 aromatic carbocycles. The number of aryl methyl sites for hydroxylation is 1. The molecule has 6 heteroatoms. The van der Waals surface area contributed by atoms with Crippen LogP contribution in [0.4, 0.5) is 4.39 Å². The summed E-state index contributed by atoms with van der Waals surface area (Å²) in [7, 11) is 1.73. The molecule has 3 aromatic rings. The highest BCUT2D eigenvalue weighted by Gasteiger charge is 2.14. The summed E-state index contributed by atoms with van der Waals surface area (Å²) in [5, 5.41) is 0.774. The van der Waals surface area contributed by atoms with E-state index in [2.05, 4.69) is 24.9 Å². The molecular weight excluding hydrogens is 361 g/mol. The molecule has 0 spiro atoms. The highest BCUT2D eigenvalue weighted by Crippen LogP contribution is 2.24. The second-order valence-corrected chi connectivity index (χ2v) is 7.41. The fourth-order valence-corrected chi connectivity index (χ4v) is 3.72. The Balaban J connectivity index is 1.66. The van der Waals surface area contributed by atoms with E-state index in [1.165, 1.54) is 35.0 Å². The van der Waals surface area contributed by atoms with Gasteiger partial charge in [0.25, 0.3) is 0 Å². The molecule has 3 rings (SSSR count). The Bertz CT molecular complexity index is 954. The number of imidazole rings is 1. The number of rotatable bonds is 6. The van der Waals surface area contributed by atoms with E-state index in [9.17, 15) is 9.18 Å². The molecule has 0 saturated heterocycles. The van der Waals surface area contributed by atoms with Gasteiger partial charge in [-0.05, 0) is 48.7 Å². The lowest BCUT2D eigenvalue weighted by Gasteiger charge is -2.17. The smallest absolute Gasteiger partial charge is 0.233 e. The first-order chi connectivity index (χ1) is 13.0. The van der Waals surface area contributed by atoms with Crippen LogP contribution >= 0.6 is 11.8 Å². The van der Waals surface area contributed by atoms with Gasteiger partial charge in [0.2, 0.25) is 5.91 Å². The average Bonchev–Trinajstić information content (AvgIpc) is 3.10. The Labute approximate surface area is 163 Å². The van der Waals surface area contributed by atoms with Crippen molar-refractivity contribution in [3.63, 3.8) is 0 Å². The molecule has 0 aliphatic heterocycles. The third-order valence-electron chi connectivity index (χ3n) is 4.50. The minimum absolute atomic E-state index is 0.0280. The van der Waals surface area contributed by atoms with Crippen LogP contribution in [0.3, 0.4) is 0 Å². The minimum Gasteiger partial charge on any atom is -0.341 e. The van der Waals surface area contributed by atoms with E-state index in [-0.39, 0.29) is 17.5 Å². The van der Waals surface area contributed by atoms with Crippen LogP contribution in [0.15, 0.2) is 60.0 Å².